The summed E-state index contributed by atoms with van der Waals surface area (Å²) in [7, 11) is 0. The van der Waals surface area contributed by atoms with Crippen LogP contribution in [0.25, 0.3) is 16.0 Å². The maximum Gasteiger partial charge on any atom is 0.335 e. The number of carboxylic acids is 1. The van der Waals surface area contributed by atoms with E-state index in [9.17, 15) is 4.79 Å². The quantitative estimate of drug-likeness (QED) is 0.465. The number of benzene rings is 3. The molecule has 156 valence electrons. The van der Waals surface area contributed by atoms with Crippen molar-refractivity contribution in [1.82, 2.24) is 0 Å². The molecule has 1 aliphatic rings. The van der Waals surface area contributed by atoms with Gasteiger partial charge >= 0.3 is 5.97 Å². The first-order valence-electron chi connectivity index (χ1n) is 10.4. The molecule has 0 bridgehead atoms. The van der Waals surface area contributed by atoms with E-state index in [1.54, 1.807) is 12.1 Å². The van der Waals surface area contributed by atoms with E-state index >= 15 is 0 Å². The second kappa shape index (κ2) is 9.24. The molecular weight excluding hydrogens is 408 g/mol. The van der Waals surface area contributed by atoms with Crippen molar-refractivity contribution in [2.24, 2.45) is 5.92 Å². The van der Waals surface area contributed by atoms with Gasteiger partial charge in [-0.25, -0.2) is 11.4 Å². The van der Waals surface area contributed by atoms with Crippen LogP contribution >= 0.6 is 11.6 Å². The van der Waals surface area contributed by atoms with Gasteiger partial charge in [0.25, 0.3) is 6.04 Å². The molecule has 0 unspecified atom stereocenters. The van der Waals surface area contributed by atoms with E-state index in [4.69, 9.17) is 23.3 Å². The summed E-state index contributed by atoms with van der Waals surface area (Å²) in [5.41, 5.74) is 4.57. The van der Waals surface area contributed by atoms with Gasteiger partial charge in [0, 0.05) is 35.3 Å². The Hall–Kier alpha value is -3.29. The molecule has 0 aromatic heterocycles. The third kappa shape index (κ3) is 4.57. The van der Waals surface area contributed by atoms with Crippen LogP contribution in [0.15, 0.2) is 72.8 Å². The van der Waals surface area contributed by atoms with Crippen LogP contribution in [0.1, 0.15) is 34.8 Å². The molecule has 1 aliphatic heterocycles. The van der Waals surface area contributed by atoms with Crippen molar-refractivity contribution < 1.29 is 9.90 Å². The fourth-order valence-electron chi connectivity index (χ4n) is 4.36. The third-order valence-corrected chi connectivity index (χ3v) is 6.29. The fraction of sp³-hybridized carbons (Fsp3) is 0.231. The summed E-state index contributed by atoms with van der Waals surface area (Å²) < 4.78 is 0. The van der Waals surface area contributed by atoms with Gasteiger partial charge in [0.1, 0.15) is 0 Å². The molecule has 0 spiro atoms. The summed E-state index contributed by atoms with van der Waals surface area (Å²) in [5, 5.41) is 9.79. The molecule has 3 aromatic rings. The van der Waals surface area contributed by atoms with Crippen LogP contribution in [-0.2, 0) is 0 Å². The number of carboxylic acid groups (broad SMARTS) is 1. The number of piperidine rings is 1. The summed E-state index contributed by atoms with van der Waals surface area (Å²) in [5.74, 6) is -0.634. The van der Waals surface area contributed by atoms with Crippen LogP contribution in [0.3, 0.4) is 0 Å². The standard InChI is InChI=1S/C26H23ClN2O2/c1-28-25(24-5-3-2-4-23(24)18-6-10-21(27)11-7-18)19-14-16-29(17-15-19)22-12-8-20(9-13-22)26(30)31/h2-13,19,25H,14-17H2,(H,30,31)/t25-/m1/s1. The van der Waals surface area contributed by atoms with Crippen LogP contribution in [-0.4, -0.2) is 24.2 Å². The number of hydrogen-bond acceptors (Lipinski definition) is 2. The van der Waals surface area contributed by atoms with Crippen molar-refractivity contribution in [1.29, 1.82) is 0 Å². The molecule has 1 heterocycles. The van der Waals surface area contributed by atoms with Crippen molar-refractivity contribution in [2.75, 3.05) is 18.0 Å². The topological polar surface area (TPSA) is 44.9 Å². The molecule has 5 heteroatoms. The number of halogens is 1. The van der Waals surface area contributed by atoms with Gasteiger partial charge in [-0.15, -0.1) is 0 Å². The highest BCUT2D eigenvalue weighted by Crippen LogP contribution is 2.39. The molecule has 4 nitrogen and oxygen atoms in total. The van der Waals surface area contributed by atoms with Crippen LogP contribution in [0.4, 0.5) is 5.69 Å². The molecule has 31 heavy (non-hydrogen) atoms. The largest absolute Gasteiger partial charge is 0.478 e. The molecule has 0 saturated carbocycles. The van der Waals surface area contributed by atoms with Crippen molar-refractivity contribution >= 4 is 23.3 Å². The molecule has 0 radical (unpaired) electrons. The third-order valence-electron chi connectivity index (χ3n) is 6.04. The van der Waals surface area contributed by atoms with E-state index < -0.39 is 5.97 Å². The molecule has 3 aromatic carbocycles. The Kier molecular flexibility index (Phi) is 6.25. The fourth-order valence-corrected chi connectivity index (χ4v) is 4.49. The van der Waals surface area contributed by atoms with Crippen molar-refractivity contribution in [3.05, 3.63) is 100 Å². The minimum Gasteiger partial charge on any atom is -0.478 e. The zero-order valence-corrected chi connectivity index (χ0v) is 17.8. The molecular formula is C26H23ClN2O2. The average Bonchev–Trinajstić information content (AvgIpc) is 2.81. The first-order valence-corrected chi connectivity index (χ1v) is 10.7. The highest BCUT2D eigenvalue weighted by atomic mass is 35.5. The van der Waals surface area contributed by atoms with Gasteiger partial charge in [-0.3, -0.25) is 0 Å². The van der Waals surface area contributed by atoms with E-state index in [2.05, 4.69) is 21.9 Å². The number of carbonyl (C=O) groups is 1. The number of aromatic carboxylic acids is 1. The lowest BCUT2D eigenvalue weighted by molar-refractivity contribution is 0.0697. The average molecular weight is 431 g/mol. The predicted molar refractivity (Wildman–Crippen MR) is 125 cm³/mol. The van der Waals surface area contributed by atoms with E-state index in [1.165, 1.54) is 0 Å². The number of hydrogen-bond donors (Lipinski definition) is 1. The highest BCUT2D eigenvalue weighted by Gasteiger charge is 2.33. The minimum absolute atomic E-state index is 0.191. The summed E-state index contributed by atoms with van der Waals surface area (Å²) in [6.45, 7) is 9.65. The van der Waals surface area contributed by atoms with Crippen molar-refractivity contribution in [3.8, 4) is 11.1 Å². The van der Waals surface area contributed by atoms with Gasteiger partial charge in [-0.1, -0.05) is 48.0 Å². The van der Waals surface area contributed by atoms with E-state index in [0.29, 0.717) is 10.6 Å². The Balaban J connectivity index is 1.51. The lowest BCUT2D eigenvalue weighted by atomic mass is 9.83. The minimum atomic E-state index is -0.912. The zero-order chi connectivity index (χ0) is 21.8. The summed E-state index contributed by atoms with van der Waals surface area (Å²) in [4.78, 5) is 17.4. The predicted octanol–water partition coefficient (Wildman–Crippen LogP) is 6.58. The monoisotopic (exact) mass is 430 g/mol. The molecule has 0 amide bonds. The molecule has 1 atom stereocenters. The maximum atomic E-state index is 11.1. The Morgan fingerprint density at radius 1 is 1.00 bits per heavy atom. The lowest BCUT2D eigenvalue weighted by Crippen LogP contribution is -2.35. The first-order chi connectivity index (χ1) is 15.1. The number of nitrogens with zero attached hydrogens (tertiary/aromatic N) is 2. The van der Waals surface area contributed by atoms with Crippen molar-refractivity contribution in [3.63, 3.8) is 0 Å². The van der Waals surface area contributed by atoms with Gasteiger partial charge in [0.15, 0.2) is 0 Å². The maximum absolute atomic E-state index is 11.1. The van der Waals surface area contributed by atoms with Crippen LogP contribution < -0.4 is 4.90 Å². The van der Waals surface area contributed by atoms with Gasteiger partial charge in [-0.2, -0.15) is 0 Å². The number of anilines is 1. The Bertz CT molecular complexity index is 1100. The SMILES string of the molecule is [C-]#[N+][C@@H](c1ccccc1-c1ccc(Cl)cc1)C1CCN(c2ccc(C(=O)O)cc2)CC1. The molecule has 1 N–H and O–H groups in total. The summed E-state index contributed by atoms with van der Waals surface area (Å²) in [6.07, 6.45) is 1.84. The van der Waals surface area contributed by atoms with E-state index in [-0.39, 0.29) is 12.0 Å². The summed E-state index contributed by atoms with van der Waals surface area (Å²) in [6, 6.07) is 22.8. The highest BCUT2D eigenvalue weighted by molar-refractivity contribution is 6.30. The van der Waals surface area contributed by atoms with Gasteiger partial charge in [-0.05, 0) is 60.4 Å². The van der Waals surface area contributed by atoms with Gasteiger partial charge in [0.2, 0.25) is 0 Å². The Labute approximate surface area is 187 Å². The zero-order valence-electron chi connectivity index (χ0n) is 17.0. The smallest absolute Gasteiger partial charge is 0.335 e. The summed E-state index contributed by atoms with van der Waals surface area (Å²) >= 11 is 6.06. The Morgan fingerprint density at radius 2 is 1.65 bits per heavy atom. The van der Waals surface area contributed by atoms with Crippen LogP contribution in [0.5, 0.6) is 0 Å². The first kappa shape index (κ1) is 21.0. The molecule has 0 aliphatic carbocycles. The lowest BCUT2D eigenvalue weighted by Gasteiger charge is -2.34. The second-order valence-corrected chi connectivity index (χ2v) is 8.28. The van der Waals surface area contributed by atoms with Gasteiger partial charge < -0.3 is 14.9 Å². The van der Waals surface area contributed by atoms with Gasteiger partial charge in [0.05, 0.1) is 5.56 Å². The van der Waals surface area contributed by atoms with E-state index in [1.807, 2.05) is 48.5 Å². The number of rotatable bonds is 5. The van der Waals surface area contributed by atoms with E-state index in [0.717, 1.165) is 48.3 Å². The molecule has 1 saturated heterocycles. The second-order valence-electron chi connectivity index (χ2n) is 7.84. The normalized spacial score (nSPS) is 15.3. The van der Waals surface area contributed by atoms with Crippen molar-refractivity contribution in [2.45, 2.75) is 18.9 Å². The Morgan fingerprint density at radius 3 is 2.26 bits per heavy atom. The van der Waals surface area contributed by atoms with Crippen LogP contribution in [0.2, 0.25) is 5.02 Å². The molecule has 1 fully saturated rings. The van der Waals surface area contributed by atoms with Crippen LogP contribution in [0, 0.1) is 12.5 Å². The molecule has 4 rings (SSSR count).